The lowest BCUT2D eigenvalue weighted by Gasteiger charge is -2.32. The van der Waals surface area contributed by atoms with E-state index < -0.39 is 5.25 Å². The molecule has 3 aromatic rings. The number of nitrogens with one attached hydrogen (secondary N) is 1. The molecule has 1 heterocycles. The van der Waals surface area contributed by atoms with Gasteiger partial charge >= 0.3 is 0 Å². The highest BCUT2D eigenvalue weighted by Gasteiger charge is 2.36. The maximum absolute atomic E-state index is 13.2. The molecule has 4 rings (SSSR count). The highest BCUT2D eigenvalue weighted by atomic mass is 32.2. The summed E-state index contributed by atoms with van der Waals surface area (Å²) in [6.45, 7) is 0.353. The molecule has 7 nitrogen and oxygen atoms in total. The zero-order chi connectivity index (χ0) is 23.9. The molecule has 0 saturated carbocycles. The van der Waals surface area contributed by atoms with Crippen LogP contribution in [0.1, 0.15) is 12.0 Å². The number of anilines is 1. The smallest absolute Gasteiger partial charge is 0.238 e. The van der Waals surface area contributed by atoms with Crippen LogP contribution in [0.15, 0.2) is 83.9 Å². The topological polar surface area (TPSA) is 80.2 Å². The van der Waals surface area contributed by atoms with Crippen LogP contribution in [0.3, 0.4) is 0 Å². The van der Waals surface area contributed by atoms with Gasteiger partial charge in [0.15, 0.2) is 5.17 Å². The molecule has 3 aromatic carbocycles. The van der Waals surface area contributed by atoms with Gasteiger partial charge in [0.1, 0.15) is 16.7 Å². The Morgan fingerprint density at radius 2 is 1.74 bits per heavy atom. The standard InChI is InChI=1S/C26H25N3O4S/c1-32-21-13-11-18(12-14-21)17-29-24(30)16-23(34-26(29)28-19-7-4-3-5-8-19)25(31)27-20-9-6-10-22(15-20)33-2/h3-15,23H,16-17H2,1-2H3,(H,27,31). The molecule has 8 heteroatoms. The zero-order valence-corrected chi connectivity index (χ0v) is 19.7. The first-order chi connectivity index (χ1) is 16.6. The molecule has 1 aliphatic heterocycles. The third-order valence-corrected chi connectivity index (χ3v) is 6.44. The summed E-state index contributed by atoms with van der Waals surface area (Å²) in [4.78, 5) is 32.6. The predicted octanol–water partition coefficient (Wildman–Crippen LogP) is 4.86. The molecule has 0 radical (unpaired) electrons. The van der Waals surface area contributed by atoms with E-state index in [-0.39, 0.29) is 18.2 Å². The van der Waals surface area contributed by atoms with E-state index in [0.29, 0.717) is 28.8 Å². The van der Waals surface area contributed by atoms with Gasteiger partial charge in [-0.2, -0.15) is 0 Å². The number of para-hydroxylation sites is 1. The summed E-state index contributed by atoms with van der Waals surface area (Å²) in [6, 6.07) is 24.1. The molecule has 0 aliphatic carbocycles. The normalized spacial score (nSPS) is 16.9. The van der Waals surface area contributed by atoms with E-state index in [2.05, 4.69) is 5.32 Å². The van der Waals surface area contributed by atoms with Gasteiger partial charge in [0.2, 0.25) is 11.8 Å². The van der Waals surface area contributed by atoms with Gasteiger partial charge in [0.25, 0.3) is 0 Å². The van der Waals surface area contributed by atoms with Crippen molar-refractivity contribution in [3.8, 4) is 11.5 Å². The molecule has 1 N–H and O–H groups in total. The van der Waals surface area contributed by atoms with Gasteiger partial charge in [0, 0.05) is 18.2 Å². The summed E-state index contributed by atoms with van der Waals surface area (Å²) >= 11 is 1.29. The number of rotatable bonds is 7. The Bertz CT molecular complexity index is 1180. The lowest BCUT2D eigenvalue weighted by Crippen LogP contribution is -2.44. The minimum absolute atomic E-state index is 0.0738. The number of methoxy groups -OCH3 is 2. The van der Waals surface area contributed by atoms with Gasteiger partial charge < -0.3 is 14.8 Å². The van der Waals surface area contributed by atoms with E-state index in [1.807, 2.05) is 54.6 Å². The Morgan fingerprint density at radius 1 is 1.00 bits per heavy atom. The Labute approximate surface area is 202 Å². The number of benzene rings is 3. The first-order valence-electron chi connectivity index (χ1n) is 10.7. The van der Waals surface area contributed by atoms with Crippen LogP contribution in [-0.4, -0.2) is 41.4 Å². The van der Waals surface area contributed by atoms with Crippen LogP contribution < -0.4 is 14.8 Å². The second kappa shape index (κ2) is 10.9. The minimum atomic E-state index is -0.603. The van der Waals surface area contributed by atoms with E-state index >= 15 is 0 Å². The number of carbonyl (C=O) groups excluding carboxylic acids is 2. The fourth-order valence-electron chi connectivity index (χ4n) is 3.45. The molecule has 174 valence electrons. The molecule has 1 atom stereocenters. The van der Waals surface area contributed by atoms with Crippen LogP contribution in [0, 0.1) is 0 Å². The summed E-state index contributed by atoms with van der Waals surface area (Å²) < 4.78 is 10.4. The van der Waals surface area contributed by atoms with Gasteiger partial charge in [-0.05, 0) is 42.0 Å². The average Bonchev–Trinajstić information content (AvgIpc) is 2.87. The van der Waals surface area contributed by atoms with E-state index in [1.54, 1.807) is 43.4 Å². The van der Waals surface area contributed by atoms with Crippen molar-refractivity contribution in [1.82, 2.24) is 4.90 Å². The third-order valence-electron chi connectivity index (χ3n) is 5.25. The zero-order valence-electron chi connectivity index (χ0n) is 18.9. The number of thioether (sulfide) groups is 1. The van der Waals surface area contributed by atoms with E-state index in [9.17, 15) is 9.59 Å². The Balaban J connectivity index is 1.57. The minimum Gasteiger partial charge on any atom is -0.497 e. The summed E-state index contributed by atoms with van der Waals surface area (Å²) in [6.07, 6.45) is 0.0738. The maximum Gasteiger partial charge on any atom is 0.238 e. The Hall–Kier alpha value is -3.78. The molecule has 0 spiro atoms. The highest BCUT2D eigenvalue weighted by molar-refractivity contribution is 8.15. The van der Waals surface area contributed by atoms with Gasteiger partial charge in [0.05, 0.1) is 26.5 Å². The highest BCUT2D eigenvalue weighted by Crippen LogP contribution is 2.31. The second-order valence-electron chi connectivity index (χ2n) is 7.59. The molecule has 0 bridgehead atoms. The quantitative estimate of drug-likeness (QED) is 0.528. The van der Waals surface area contributed by atoms with Crippen molar-refractivity contribution in [3.63, 3.8) is 0 Å². The Kier molecular flexibility index (Phi) is 7.49. The second-order valence-corrected chi connectivity index (χ2v) is 8.76. The first-order valence-corrected chi connectivity index (χ1v) is 11.6. The molecule has 1 saturated heterocycles. The molecular formula is C26H25N3O4S. The third kappa shape index (κ3) is 5.77. The predicted molar refractivity (Wildman–Crippen MR) is 135 cm³/mol. The summed E-state index contributed by atoms with van der Waals surface area (Å²) in [5.41, 5.74) is 2.26. The first kappa shape index (κ1) is 23.4. The van der Waals surface area contributed by atoms with Crippen LogP contribution in [0.25, 0.3) is 0 Å². The monoisotopic (exact) mass is 475 g/mol. The lowest BCUT2D eigenvalue weighted by molar-refractivity contribution is -0.129. The molecule has 2 amide bonds. The van der Waals surface area contributed by atoms with E-state index in [0.717, 1.165) is 11.3 Å². The van der Waals surface area contributed by atoms with Crippen molar-refractivity contribution in [2.45, 2.75) is 18.2 Å². The SMILES string of the molecule is COc1ccc(CN2C(=O)CC(C(=O)Nc3cccc(OC)c3)SC2=Nc2ccccc2)cc1. The lowest BCUT2D eigenvalue weighted by atomic mass is 10.2. The summed E-state index contributed by atoms with van der Waals surface area (Å²) in [5, 5.41) is 2.78. The number of hydrogen-bond donors (Lipinski definition) is 1. The average molecular weight is 476 g/mol. The fourth-order valence-corrected chi connectivity index (χ4v) is 4.54. The molecule has 0 aromatic heterocycles. The fraction of sp³-hybridized carbons (Fsp3) is 0.192. The number of amidine groups is 1. The van der Waals surface area contributed by atoms with Crippen molar-refractivity contribution in [2.24, 2.45) is 4.99 Å². The molecule has 34 heavy (non-hydrogen) atoms. The largest absolute Gasteiger partial charge is 0.497 e. The molecule has 1 aliphatic rings. The van der Waals surface area contributed by atoms with Gasteiger partial charge in [-0.25, -0.2) is 4.99 Å². The van der Waals surface area contributed by atoms with Gasteiger partial charge in [-0.1, -0.05) is 48.2 Å². The number of ether oxygens (including phenoxy) is 2. The van der Waals surface area contributed by atoms with Crippen molar-refractivity contribution < 1.29 is 19.1 Å². The summed E-state index contributed by atoms with van der Waals surface area (Å²) in [7, 11) is 3.18. The Morgan fingerprint density at radius 3 is 2.44 bits per heavy atom. The van der Waals surface area contributed by atoms with Crippen molar-refractivity contribution in [2.75, 3.05) is 19.5 Å². The van der Waals surface area contributed by atoms with Crippen LogP contribution in [0.2, 0.25) is 0 Å². The molecular weight excluding hydrogens is 450 g/mol. The van der Waals surface area contributed by atoms with Crippen LogP contribution in [-0.2, 0) is 16.1 Å². The number of hydrogen-bond acceptors (Lipinski definition) is 6. The van der Waals surface area contributed by atoms with Crippen LogP contribution in [0.5, 0.6) is 11.5 Å². The van der Waals surface area contributed by atoms with E-state index in [1.165, 1.54) is 11.8 Å². The number of nitrogens with zero attached hydrogens (tertiary/aromatic N) is 2. The number of amides is 2. The van der Waals surface area contributed by atoms with E-state index in [4.69, 9.17) is 14.5 Å². The molecule has 1 unspecified atom stereocenters. The van der Waals surface area contributed by atoms with Gasteiger partial charge in [-0.3, -0.25) is 14.5 Å². The number of carbonyl (C=O) groups is 2. The number of aliphatic imine (C=N–C) groups is 1. The van der Waals surface area contributed by atoms with Crippen molar-refractivity contribution in [1.29, 1.82) is 0 Å². The maximum atomic E-state index is 13.2. The van der Waals surface area contributed by atoms with Gasteiger partial charge in [-0.15, -0.1) is 0 Å². The summed E-state index contributed by atoms with van der Waals surface area (Å²) in [5.74, 6) is 0.976. The van der Waals surface area contributed by atoms with Crippen LogP contribution >= 0.6 is 11.8 Å². The van der Waals surface area contributed by atoms with Crippen molar-refractivity contribution >= 4 is 40.1 Å². The van der Waals surface area contributed by atoms with Crippen molar-refractivity contribution in [3.05, 3.63) is 84.4 Å². The molecule has 1 fully saturated rings. The van der Waals surface area contributed by atoms with Crippen LogP contribution in [0.4, 0.5) is 11.4 Å².